The highest BCUT2D eigenvalue weighted by molar-refractivity contribution is 8.33. The van der Waals surface area contributed by atoms with Gasteiger partial charge in [0.2, 0.25) is 0 Å². The SMILES string of the molecule is C1CCCC2C(CC1)P2PCPP1C2CCCCCCC21. The van der Waals surface area contributed by atoms with E-state index in [1.165, 1.54) is 39.2 Å². The van der Waals surface area contributed by atoms with E-state index in [1.54, 1.807) is 83.0 Å². The molecule has 0 aromatic rings. The fourth-order valence-corrected chi connectivity index (χ4v) is 24.3. The molecule has 2 saturated heterocycles. The Balaban J connectivity index is 1.17. The van der Waals surface area contributed by atoms with E-state index in [1.807, 2.05) is 0 Å². The highest BCUT2D eigenvalue weighted by atomic mass is 32.1. The van der Waals surface area contributed by atoms with Crippen LogP contribution >= 0.6 is 31.8 Å². The van der Waals surface area contributed by atoms with E-state index in [0.29, 0.717) is 15.2 Å². The Morgan fingerprint density at radius 3 is 1.19 bits per heavy atom. The van der Waals surface area contributed by atoms with Gasteiger partial charge in [-0.15, -0.1) is 0 Å². The minimum absolute atomic E-state index is 0.561. The van der Waals surface area contributed by atoms with Crippen LogP contribution in [0.1, 0.15) is 77.0 Å². The molecular formula is C17H32P4. The predicted octanol–water partition coefficient (Wildman–Crippen LogP) is 7.30. The van der Waals surface area contributed by atoms with Gasteiger partial charge in [0, 0.05) is 0 Å². The fourth-order valence-electron chi connectivity index (χ4n) is 4.80. The van der Waals surface area contributed by atoms with E-state index in [2.05, 4.69) is 0 Å². The van der Waals surface area contributed by atoms with Crippen molar-refractivity contribution in [2.75, 3.05) is 5.90 Å². The highest BCUT2D eigenvalue weighted by Crippen LogP contribution is 2.86. The molecule has 0 bridgehead atoms. The van der Waals surface area contributed by atoms with E-state index in [9.17, 15) is 0 Å². The average molecular weight is 360 g/mol. The van der Waals surface area contributed by atoms with Crippen molar-refractivity contribution < 1.29 is 0 Å². The lowest BCUT2D eigenvalue weighted by atomic mass is 10.0. The van der Waals surface area contributed by atoms with Crippen LogP contribution in [0.2, 0.25) is 0 Å². The molecule has 6 unspecified atom stereocenters. The van der Waals surface area contributed by atoms with Crippen molar-refractivity contribution in [2.45, 2.75) is 99.7 Å². The first kappa shape index (κ1) is 16.2. The standard InChI is InChI=1S/C17H32P4/c1-2-6-10-15-14(9-5-1)20(15)18-13-19-21-16-11-7-3-4-8-12-17(16)21/h14-19H,1-13H2. The molecule has 0 nitrogen and oxygen atoms in total. The Morgan fingerprint density at radius 2 is 0.857 bits per heavy atom. The lowest BCUT2D eigenvalue weighted by Crippen LogP contribution is -1.97. The first-order chi connectivity index (χ1) is 10.4. The molecule has 4 heteroatoms. The van der Waals surface area contributed by atoms with Crippen molar-refractivity contribution in [1.29, 1.82) is 0 Å². The first-order valence-corrected chi connectivity index (χ1v) is 16.5. The number of rotatable bonds is 4. The fraction of sp³-hybridized carbons (Fsp3) is 1.00. The molecule has 0 radical (unpaired) electrons. The normalized spacial score (nSPS) is 47.4. The Kier molecular flexibility index (Phi) is 5.97. The van der Waals surface area contributed by atoms with Crippen LogP contribution in [0.5, 0.6) is 0 Å². The third-order valence-electron chi connectivity index (χ3n) is 6.16. The molecule has 21 heavy (non-hydrogen) atoms. The predicted molar refractivity (Wildman–Crippen MR) is 106 cm³/mol. The zero-order valence-corrected chi connectivity index (χ0v) is 17.2. The molecule has 0 N–H and O–H groups in total. The second kappa shape index (κ2) is 7.74. The van der Waals surface area contributed by atoms with Gasteiger partial charge in [0.05, 0.1) is 0 Å². The largest absolute Gasteiger partial charge is 0.0910 e. The third-order valence-corrected chi connectivity index (χ3v) is 21.8. The van der Waals surface area contributed by atoms with E-state index in [4.69, 9.17) is 0 Å². The number of hydrogen-bond donors (Lipinski definition) is 0. The average Bonchev–Trinajstić information content (AvgIpc) is 3.26. The zero-order valence-electron chi connectivity index (χ0n) is 13.4. The second-order valence-electron chi connectivity index (χ2n) is 7.56. The van der Waals surface area contributed by atoms with Crippen molar-refractivity contribution in [3.05, 3.63) is 0 Å². The van der Waals surface area contributed by atoms with E-state index < -0.39 is 0 Å². The molecule has 2 saturated carbocycles. The van der Waals surface area contributed by atoms with Crippen molar-refractivity contribution in [3.63, 3.8) is 0 Å². The van der Waals surface area contributed by atoms with Crippen LogP contribution in [-0.2, 0) is 0 Å². The number of hydrogen-bond acceptors (Lipinski definition) is 0. The number of fused-ring (bicyclic) bond motifs is 2. The van der Waals surface area contributed by atoms with Crippen molar-refractivity contribution >= 4 is 31.8 Å². The molecule has 0 amide bonds. The molecule has 0 aromatic carbocycles. The second-order valence-corrected chi connectivity index (χ2v) is 18.9. The quantitative estimate of drug-likeness (QED) is 0.461. The van der Waals surface area contributed by atoms with Crippen LogP contribution in [0.25, 0.3) is 0 Å². The minimum atomic E-state index is 0.561. The lowest BCUT2D eigenvalue weighted by Gasteiger charge is -2.04. The highest BCUT2D eigenvalue weighted by Gasteiger charge is 2.50. The van der Waals surface area contributed by atoms with Crippen molar-refractivity contribution in [1.82, 2.24) is 0 Å². The Labute approximate surface area is 137 Å². The minimum Gasteiger partial charge on any atom is -0.0910 e. The summed E-state index contributed by atoms with van der Waals surface area (Å²) in [6.45, 7) is 0. The summed E-state index contributed by atoms with van der Waals surface area (Å²) in [6.07, 6.45) is 19.0. The molecule has 120 valence electrons. The molecule has 0 spiro atoms. The lowest BCUT2D eigenvalue weighted by molar-refractivity contribution is 0.551. The zero-order chi connectivity index (χ0) is 14.1. The molecule has 6 atom stereocenters. The summed E-state index contributed by atoms with van der Waals surface area (Å²) >= 11 is 0. The van der Waals surface area contributed by atoms with Gasteiger partial charge in [0.1, 0.15) is 0 Å². The van der Waals surface area contributed by atoms with Gasteiger partial charge in [0.25, 0.3) is 0 Å². The molecule has 4 fully saturated rings. The molecule has 2 heterocycles. The van der Waals surface area contributed by atoms with Crippen LogP contribution < -0.4 is 0 Å². The van der Waals surface area contributed by atoms with Crippen LogP contribution in [-0.4, -0.2) is 28.5 Å². The van der Waals surface area contributed by atoms with Crippen molar-refractivity contribution in [3.8, 4) is 0 Å². The van der Waals surface area contributed by atoms with Gasteiger partial charge in [-0.25, -0.2) is 0 Å². The molecule has 4 aliphatic rings. The van der Waals surface area contributed by atoms with Gasteiger partial charge in [0.15, 0.2) is 0 Å². The summed E-state index contributed by atoms with van der Waals surface area (Å²) in [5.41, 5.74) is 5.07. The third kappa shape index (κ3) is 4.04. The maximum Gasteiger partial charge on any atom is -0.00973 e. The topological polar surface area (TPSA) is 0 Å². The van der Waals surface area contributed by atoms with Gasteiger partial charge in [-0.3, -0.25) is 0 Å². The van der Waals surface area contributed by atoms with Gasteiger partial charge in [-0.2, -0.15) is 0 Å². The summed E-state index contributed by atoms with van der Waals surface area (Å²) in [7, 11) is 3.99. The van der Waals surface area contributed by atoms with Crippen LogP contribution in [0.3, 0.4) is 0 Å². The molecule has 2 aliphatic heterocycles. The molecule has 4 rings (SSSR count). The Hall–Kier alpha value is 1.72. The summed E-state index contributed by atoms with van der Waals surface area (Å²) in [5, 5.41) is 0. The van der Waals surface area contributed by atoms with Crippen LogP contribution in [0, 0.1) is 0 Å². The first-order valence-electron chi connectivity index (χ1n) is 9.49. The Bertz CT molecular complexity index is 288. The van der Waals surface area contributed by atoms with Gasteiger partial charge >= 0.3 is 0 Å². The van der Waals surface area contributed by atoms with Crippen LogP contribution in [0.15, 0.2) is 0 Å². The summed E-state index contributed by atoms with van der Waals surface area (Å²) in [4.78, 5) is 0. The molecule has 0 aromatic heterocycles. The van der Waals surface area contributed by atoms with Gasteiger partial charge < -0.3 is 0 Å². The monoisotopic (exact) mass is 360 g/mol. The smallest absolute Gasteiger partial charge is 0.00973 e. The summed E-state index contributed by atoms with van der Waals surface area (Å²) < 4.78 is 0. The molecular weight excluding hydrogens is 328 g/mol. The van der Waals surface area contributed by atoms with Crippen LogP contribution in [0.4, 0.5) is 0 Å². The van der Waals surface area contributed by atoms with Gasteiger partial charge in [-0.1, -0.05) is 83.1 Å². The molecule has 2 aliphatic carbocycles. The van der Waals surface area contributed by atoms with E-state index in [-0.39, 0.29) is 0 Å². The van der Waals surface area contributed by atoms with Crippen molar-refractivity contribution in [2.24, 2.45) is 0 Å². The maximum absolute atomic E-state index is 1.69. The Morgan fingerprint density at radius 1 is 0.524 bits per heavy atom. The van der Waals surface area contributed by atoms with E-state index in [0.717, 1.165) is 0 Å². The van der Waals surface area contributed by atoms with Gasteiger partial charge in [-0.05, 0) is 54.2 Å². The van der Waals surface area contributed by atoms with E-state index >= 15 is 0 Å². The summed E-state index contributed by atoms with van der Waals surface area (Å²) in [6, 6.07) is 0. The summed E-state index contributed by atoms with van der Waals surface area (Å²) in [5.74, 6) is 1.69. The maximum atomic E-state index is 1.69.